The third-order valence-corrected chi connectivity index (χ3v) is 0.816. The molecule has 0 amide bonds. The van der Waals surface area contributed by atoms with Crippen LogP contribution in [0.1, 0.15) is 53.9 Å². The Balaban J connectivity index is 0. The average Bonchev–Trinajstić information content (AvgIpc) is 1.79. The third kappa shape index (κ3) is 51.4. The molecule has 0 aliphatic rings. The number of aliphatic hydroxyl groups is 2. The van der Waals surface area contributed by atoms with Gasteiger partial charge in [-0.3, -0.25) is 0 Å². The molecule has 0 saturated heterocycles. The van der Waals surface area contributed by atoms with Crippen LogP contribution in [0.4, 0.5) is 0 Å². The molecule has 0 aromatic rings. The molecule has 0 fully saturated rings. The van der Waals surface area contributed by atoms with Gasteiger partial charge in [0.25, 0.3) is 0 Å². The van der Waals surface area contributed by atoms with Gasteiger partial charge in [-0.1, -0.05) is 41.0 Å². The Labute approximate surface area is 76.6 Å². The van der Waals surface area contributed by atoms with Crippen molar-refractivity contribution in [3.63, 3.8) is 0 Å². The summed E-state index contributed by atoms with van der Waals surface area (Å²) in [5, 5.41) is 16.5. The first-order chi connectivity index (χ1) is 5.27. The molecule has 0 bridgehead atoms. The van der Waals surface area contributed by atoms with Crippen LogP contribution in [0.15, 0.2) is 0 Å². The molecular weight excluding hydrogens is 152 g/mol. The minimum atomic E-state index is -1.10. The van der Waals surface area contributed by atoms with Crippen LogP contribution >= 0.6 is 0 Å². The highest BCUT2D eigenvalue weighted by Gasteiger charge is 1.95. The molecule has 0 aliphatic carbocycles. The minimum absolute atomic E-state index is 0.500. The van der Waals surface area contributed by atoms with Crippen molar-refractivity contribution >= 4 is 0 Å². The molecule has 0 radical (unpaired) electrons. The topological polar surface area (TPSA) is 40.5 Å². The van der Waals surface area contributed by atoms with Crippen LogP contribution in [0.25, 0.3) is 0 Å². The third-order valence-electron chi connectivity index (χ3n) is 0.816. The fraction of sp³-hybridized carbons (Fsp3) is 1.00. The largest absolute Gasteiger partial charge is 0.368 e. The molecule has 76 valence electrons. The second kappa shape index (κ2) is 7.56. The van der Waals surface area contributed by atoms with Crippen LogP contribution in [-0.4, -0.2) is 16.5 Å². The van der Waals surface area contributed by atoms with E-state index in [1.165, 1.54) is 0 Å². The predicted octanol–water partition coefficient (Wildman–Crippen LogP) is 2.54. The number of aliphatic hydroxyl groups excluding tert-OH is 1. The van der Waals surface area contributed by atoms with E-state index in [1.807, 2.05) is 6.92 Å². The van der Waals surface area contributed by atoms with Gasteiger partial charge in [-0.25, -0.2) is 0 Å². The lowest BCUT2D eigenvalue weighted by Crippen LogP contribution is -2.02. The molecular formula is C10H24O2. The van der Waals surface area contributed by atoms with E-state index in [4.69, 9.17) is 10.2 Å². The monoisotopic (exact) mass is 176 g/mol. The predicted molar refractivity (Wildman–Crippen MR) is 52.9 cm³/mol. The minimum Gasteiger partial charge on any atom is -0.368 e. The molecule has 2 heteroatoms. The molecule has 2 nitrogen and oxygen atoms in total. The van der Waals surface area contributed by atoms with Crippen molar-refractivity contribution in [2.45, 2.75) is 60.2 Å². The summed E-state index contributed by atoms with van der Waals surface area (Å²) in [5.41, 5.74) is 0.500. The molecule has 0 saturated carbocycles. The summed E-state index contributed by atoms with van der Waals surface area (Å²) in [4.78, 5) is 0. The summed E-state index contributed by atoms with van der Waals surface area (Å²) < 4.78 is 0. The summed E-state index contributed by atoms with van der Waals surface area (Å²) in [6, 6.07) is 0. The van der Waals surface area contributed by atoms with Crippen molar-refractivity contribution in [1.29, 1.82) is 0 Å². The van der Waals surface area contributed by atoms with Gasteiger partial charge in [0.1, 0.15) is 0 Å². The normalized spacial score (nSPS) is 11.0. The second-order valence-electron chi connectivity index (χ2n) is 4.62. The van der Waals surface area contributed by atoms with Gasteiger partial charge < -0.3 is 10.2 Å². The van der Waals surface area contributed by atoms with Crippen molar-refractivity contribution in [3.8, 4) is 0 Å². The number of hydrogen-bond donors (Lipinski definition) is 2. The molecule has 0 atom stereocenters. The van der Waals surface area contributed by atoms with Gasteiger partial charge in [0, 0.05) is 0 Å². The van der Waals surface area contributed by atoms with Crippen molar-refractivity contribution in [2.75, 3.05) is 0 Å². The van der Waals surface area contributed by atoms with Gasteiger partial charge in [0.15, 0.2) is 6.29 Å². The summed E-state index contributed by atoms with van der Waals surface area (Å²) in [6.07, 6.45) is 1.34. The van der Waals surface area contributed by atoms with Gasteiger partial charge in [0.05, 0.1) is 0 Å². The molecule has 0 aromatic heterocycles. The van der Waals surface area contributed by atoms with Gasteiger partial charge in [0.2, 0.25) is 0 Å². The average molecular weight is 176 g/mol. The lowest BCUT2D eigenvalue weighted by atomic mass is 10.0. The van der Waals surface area contributed by atoms with Gasteiger partial charge in [-0.15, -0.1) is 0 Å². The molecule has 0 unspecified atom stereocenters. The molecule has 0 aliphatic heterocycles. The lowest BCUT2D eigenvalue weighted by Gasteiger charge is -2.05. The van der Waals surface area contributed by atoms with Crippen molar-refractivity contribution in [1.82, 2.24) is 0 Å². The maximum Gasteiger partial charge on any atom is 0.151 e. The molecule has 2 N–H and O–H groups in total. The Morgan fingerprint density at radius 1 is 1.08 bits per heavy atom. The van der Waals surface area contributed by atoms with E-state index in [0.29, 0.717) is 11.8 Å². The van der Waals surface area contributed by atoms with E-state index in [0.717, 1.165) is 12.8 Å². The maximum atomic E-state index is 8.24. The van der Waals surface area contributed by atoms with Crippen LogP contribution in [0.3, 0.4) is 0 Å². The second-order valence-corrected chi connectivity index (χ2v) is 4.62. The zero-order chi connectivity index (χ0) is 10.2. The highest BCUT2D eigenvalue weighted by molar-refractivity contribution is 4.47. The van der Waals surface area contributed by atoms with Gasteiger partial charge in [-0.05, 0) is 18.3 Å². The fourth-order valence-corrected chi connectivity index (χ4v) is 0.387. The maximum absolute atomic E-state index is 8.24. The van der Waals surface area contributed by atoms with E-state index in [2.05, 4.69) is 27.7 Å². The van der Waals surface area contributed by atoms with E-state index in [9.17, 15) is 0 Å². The summed E-state index contributed by atoms with van der Waals surface area (Å²) in [7, 11) is 0. The van der Waals surface area contributed by atoms with Crippen molar-refractivity contribution in [3.05, 3.63) is 0 Å². The van der Waals surface area contributed by atoms with E-state index >= 15 is 0 Å². The first-order valence-electron chi connectivity index (χ1n) is 4.63. The zero-order valence-corrected chi connectivity index (χ0v) is 9.09. The van der Waals surface area contributed by atoms with Crippen molar-refractivity contribution in [2.24, 2.45) is 5.41 Å². The number of rotatable bonds is 3. The van der Waals surface area contributed by atoms with Gasteiger partial charge in [-0.2, -0.15) is 0 Å². The van der Waals surface area contributed by atoms with Crippen LogP contribution in [0, 0.1) is 5.41 Å². The molecule has 12 heavy (non-hydrogen) atoms. The molecule has 0 aromatic carbocycles. The van der Waals surface area contributed by atoms with Crippen LogP contribution in [-0.2, 0) is 0 Å². The molecule has 0 heterocycles. The fourth-order valence-electron chi connectivity index (χ4n) is 0.387. The quantitative estimate of drug-likeness (QED) is 0.649. The van der Waals surface area contributed by atoms with Gasteiger partial charge >= 0.3 is 0 Å². The van der Waals surface area contributed by atoms with Crippen molar-refractivity contribution < 1.29 is 10.2 Å². The Morgan fingerprint density at radius 3 is 1.50 bits per heavy atom. The van der Waals surface area contributed by atoms with E-state index in [1.54, 1.807) is 0 Å². The Bertz CT molecular complexity index is 76.3. The highest BCUT2D eigenvalue weighted by atomic mass is 16.5. The Kier molecular flexibility index (Phi) is 9.10. The SMILES string of the molecule is CC(C)(C)C.CCCCC(O)O. The number of hydrogen-bond acceptors (Lipinski definition) is 2. The first kappa shape index (κ1) is 14.4. The Hall–Kier alpha value is -0.0800. The van der Waals surface area contributed by atoms with E-state index < -0.39 is 6.29 Å². The van der Waals surface area contributed by atoms with Crippen LogP contribution in [0.5, 0.6) is 0 Å². The van der Waals surface area contributed by atoms with Crippen LogP contribution < -0.4 is 0 Å². The smallest absolute Gasteiger partial charge is 0.151 e. The zero-order valence-electron chi connectivity index (χ0n) is 9.09. The summed E-state index contributed by atoms with van der Waals surface area (Å²) >= 11 is 0. The summed E-state index contributed by atoms with van der Waals surface area (Å²) in [5.74, 6) is 0. The molecule has 0 rings (SSSR count). The standard InChI is InChI=1S/C5H12O2.C5H12/c1-2-3-4-5(6)7;1-5(2,3)4/h5-7H,2-4H2,1H3;1-4H3. The highest BCUT2D eigenvalue weighted by Crippen LogP contribution is 2.08. The lowest BCUT2D eigenvalue weighted by molar-refractivity contribution is -0.0463. The number of unbranched alkanes of at least 4 members (excludes halogenated alkanes) is 1. The van der Waals surface area contributed by atoms with Crippen LogP contribution in [0.2, 0.25) is 0 Å². The Morgan fingerprint density at radius 2 is 1.42 bits per heavy atom. The summed E-state index contributed by atoms with van der Waals surface area (Å²) in [6.45, 7) is 10.8. The molecule has 0 spiro atoms. The first-order valence-corrected chi connectivity index (χ1v) is 4.63. The van der Waals surface area contributed by atoms with E-state index in [-0.39, 0.29) is 0 Å².